The van der Waals surface area contributed by atoms with E-state index in [0.717, 1.165) is 29.1 Å². The molecule has 34 heavy (non-hydrogen) atoms. The standard InChI is InChI=1S/C26H30N4O3S/c1-3-4-10-25(31)30-16-15-29(17-19(30)2)26(32)23-13-11-21(33-23)18-34-24-14-12-22(27-28-24)20-8-6-5-7-9-20/h5-9,11-14,19H,3-4,10,15-18H2,1-2H3. The second-order valence-electron chi connectivity index (χ2n) is 8.47. The van der Waals surface area contributed by atoms with Gasteiger partial charge in [0.05, 0.1) is 11.4 Å². The Kier molecular flexibility index (Phi) is 8.00. The number of hydrogen-bond acceptors (Lipinski definition) is 6. The maximum atomic E-state index is 13.0. The summed E-state index contributed by atoms with van der Waals surface area (Å²) in [6.45, 7) is 5.69. The van der Waals surface area contributed by atoms with Crippen LogP contribution >= 0.6 is 11.8 Å². The Bertz CT molecular complexity index is 1100. The van der Waals surface area contributed by atoms with Gasteiger partial charge in [-0.2, -0.15) is 0 Å². The molecule has 1 fully saturated rings. The first-order valence-electron chi connectivity index (χ1n) is 11.7. The van der Waals surface area contributed by atoms with E-state index in [9.17, 15) is 9.59 Å². The van der Waals surface area contributed by atoms with Gasteiger partial charge in [-0.1, -0.05) is 55.4 Å². The highest BCUT2D eigenvalue weighted by Gasteiger charge is 2.30. The van der Waals surface area contributed by atoms with E-state index in [1.54, 1.807) is 11.0 Å². The molecule has 1 aromatic carbocycles. The predicted octanol–water partition coefficient (Wildman–Crippen LogP) is 4.89. The first-order chi connectivity index (χ1) is 16.5. The van der Waals surface area contributed by atoms with E-state index in [1.807, 2.05) is 60.4 Å². The molecule has 0 aliphatic carbocycles. The van der Waals surface area contributed by atoms with E-state index >= 15 is 0 Å². The largest absolute Gasteiger partial charge is 0.455 e. The van der Waals surface area contributed by atoms with Crippen LogP contribution in [0.2, 0.25) is 0 Å². The van der Waals surface area contributed by atoms with Gasteiger partial charge in [-0.25, -0.2) is 0 Å². The molecule has 2 amide bonds. The predicted molar refractivity (Wildman–Crippen MR) is 132 cm³/mol. The molecule has 0 radical (unpaired) electrons. The van der Waals surface area contributed by atoms with Crippen LogP contribution in [-0.4, -0.2) is 57.5 Å². The summed E-state index contributed by atoms with van der Waals surface area (Å²) in [5, 5.41) is 9.40. The Morgan fingerprint density at radius 1 is 1.06 bits per heavy atom. The second-order valence-corrected chi connectivity index (χ2v) is 9.46. The van der Waals surface area contributed by atoms with Gasteiger partial charge >= 0.3 is 0 Å². The van der Waals surface area contributed by atoms with Crippen LogP contribution in [0.4, 0.5) is 0 Å². The number of unbranched alkanes of at least 4 members (excludes halogenated alkanes) is 1. The summed E-state index contributed by atoms with van der Waals surface area (Å²) in [4.78, 5) is 29.0. The van der Waals surface area contributed by atoms with Crippen molar-refractivity contribution in [3.05, 3.63) is 66.1 Å². The SMILES string of the molecule is CCCCC(=O)N1CCN(C(=O)c2ccc(CSc3ccc(-c4ccccc4)nn3)o2)CC1C. The maximum absolute atomic E-state index is 13.0. The molecule has 1 unspecified atom stereocenters. The van der Waals surface area contributed by atoms with Crippen molar-refractivity contribution >= 4 is 23.6 Å². The Labute approximate surface area is 204 Å². The number of rotatable bonds is 8. The van der Waals surface area contributed by atoms with Gasteiger partial charge in [0.15, 0.2) is 5.76 Å². The van der Waals surface area contributed by atoms with Gasteiger partial charge in [0.25, 0.3) is 5.91 Å². The van der Waals surface area contributed by atoms with Crippen LogP contribution in [0.5, 0.6) is 0 Å². The Morgan fingerprint density at radius 3 is 2.59 bits per heavy atom. The van der Waals surface area contributed by atoms with Crippen LogP contribution in [0.3, 0.4) is 0 Å². The van der Waals surface area contributed by atoms with Gasteiger partial charge < -0.3 is 14.2 Å². The van der Waals surface area contributed by atoms with Crippen LogP contribution in [0.25, 0.3) is 11.3 Å². The van der Waals surface area contributed by atoms with Crippen molar-refractivity contribution in [3.8, 4) is 11.3 Å². The lowest BCUT2D eigenvalue weighted by Crippen LogP contribution is -2.55. The molecule has 3 aromatic rings. The Morgan fingerprint density at radius 2 is 1.88 bits per heavy atom. The molecule has 3 heterocycles. The van der Waals surface area contributed by atoms with Crippen molar-refractivity contribution in [1.29, 1.82) is 0 Å². The minimum absolute atomic E-state index is 0.00414. The highest BCUT2D eigenvalue weighted by molar-refractivity contribution is 7.98. The zero-order chi connectivity index (χ0) is 23.9. The number of carbonyl (C=O) groups excluding carboxylic acids is 2. The van der Waals surface area contributed by atoms with Crippen molar-refractivity contribution in [2.24, 2.45) is 0 Å². The smallest absolute Gasteiger partial charge is 0.289 e. The summed E-state index contributed by atoms with van der Waals surface area (Å²) in [5.41, 5.74) is 1.86. The number of furan rings is 1. The topological polar surface area (TPSA) is 79.5 Å². The first kappa shape index (κ1) is 24.0. The van der Waals surface area contributed by atoms with E-state index in [4.69, 9.17) is 4.42 Å². The molecule has 7 nitrogen and oxygen atoms in total. The number of thioether (sulfide) groups is 1. The Hall–Kier alpha value is -3.13. The molecule has 1 aliphatic heterocycles. The molecule has 0 saturated carbocycles. The van der Waals surface area contributed by atoms with Crippen molar-refractivity contribution in [3.63, 3.8) is 0 Å². The van der Waals surface area contributed by atoms with Crippen LogP contribution in [-0.2, 0) is 10.5 Å². The molecular weight excluding hydrogens is 448 g/mol. The monoisotopic (exact) mass is 478 g/mol. The van der Waals surface area contributed by atoms with Crippen LogP contribution < -0.4 is 0 Å². The highest BCUT2D eigenvalue weighted by atomic mass is 32.2. The number of aromatic nitrogens is 2. The van der Waals surface area contributed by atoms with Gasteiger partial charge in [-0.3, -0.25) is 9.59 Å². The van der Waals surface area contributed by atoms with Crippen molar-refractivity contribution < 1.29 is 14.0 Å². The molecule has 0 bridgehead atoms. The van der Waals surface area contributed by atoms with Crippen LogP contribution in [0.15, 0.2) is 64.0 Å². The summed E-state index contributed by atoms with van der Waals surface area (Å²) in [6.07, 6.45) is 2.48. The van der Waals surface area contributed by atoms with Gasteiger partial charge in [0, 0.05) is 37.7 Å². The number of nitrogens with zero attached hydrogens (tertiary/aromatic N) is 4. The third-order valence-electron chi connectivity index (χ3n) is 5.92. The average Bonchev–Trinajstić information content (AvgIpc) is 3.35. The second kappa shape index (κ2) is 11.3. The number of benzene rings is 1. The summed E-state index contributed by atoms with van der Waals surface area (Å²) in [7, 11) is 0. The number of hydrogen-bond donors (Lipinski definition) is 0. The quantitative estimate of drug-likeness (QED) is 0.429. The summed E-state index contributed by atoms with van der Waals surface area (Å²) in [5.74, 6) is 1.65. The van der Waals surface area contributed by atoms with E-state index in [-0.39, 0.29) is 17.9 Å². The van der Waals surface area contributed by atoms with E-state index in [1.165, 1.54) is 11.8 Å². The van der Waals surface area contributed by atoms with E-state index in [0.29, 0.717) is 43.3 Å². The number of carbonyl (C=O) groups is 2. The molecule has 1 saturated heterocycles. The molecule has 4 rings (SSSR count). The third-order valence-corrected chi connectivity index (χ3v) is 6.87. The van der Waals surface area contributed by atoms with Crippen molar-refractivity contribution in [1.82, 2.24) is 20.0 Å². The molecule has 8 heteroatoms. The summed E-state index contributed by atoms with van der Waals surface area (Å²) >= 11 is 1.51. The van der Waals surface area contributed by atoms with Crippen LogP contribution in [0, 0.1) is 0 Å². The maximum Gasteiger partial charge on any atom is 0.289 e. The zero-order valence-electron chi connectivity index (χ0n) is 19.6. The minimum atomic E-state index is -0.129. The highest BCUT2D eigenvalue weighted by Crippen LogP contribution is 2.24. The molecule has 1 atom stereocenters. The van der Waals surface area contributed by atoms with Crippen LogP contribution in [0.1, 0.15) is 49.4 Å². The fraction of sp³-hybridized carbons (Fsp3) is 0.385. The van der Waals surface area contributed by atoms with Gasteiger partial charge in [0.2, 0.25) is 5.91 Å². The van der Waals surface area contributed by atoms with E-state index < -0.39 is 0 Å². The number of piperazine rings is 1. The van der Waals surface area contributed by atoms with Gasteiger partial charge in [-0.05, 0) is 37.6 Å². The van der Waals surface area contributed by atoms with E-state index in [2.05, 4.69) is 17.1 Å². The van der Waals surface area contributed by atoms with Gasteiger partial charge in [-0.15, -0.1) is 10.2 Å². The third kappa shape index (κ3) is 5.86. The molecule has 0 N–H and O–H groups in total. The molecule has 1 aliphatic rings. The van der Waals surface area contributed by atoms with Gasteiger partial charge in [0.1, 0.15) is 10.8 Å². The average molecular weight is 479 g/mol. The molecular formula is C26H30N4O3S. The fourth-order valence-electron chi connectivity index (χ4n) is 4.02. The fourth-order valence-corrected chi connectivity index (χ4v) is 4.72. The normalized spacial score (nSPS) is 16.0. The molecule has 178 valence electrons. The van der Waals surface area contributed by atoms with Crippen molar-refractivity contribution in [2.45, 2.75) is 49.9 Å². The number of amides is 2. The van der Waals surface area contributed by atoms with Crippen molar-refractivity contribution in [2.75, 3.05) is 19.6 Å². The zero-order valence-corrected chi connectivity index (χ0v) is 20.5. The first-order valence-corrected chi connectivity index (χ1v) is 12.7. The summed E-state index contributed by atoms with van der Waals surface area (Å²) in [6, 6.07) is 17.4. The minimum Gasteiger partial charge on any atom is -0.455 e. The molecule has 0 spiro atoms. The Balaban J connectivity index is 1.29. The molecule has 2 aromatic heterocycles. The lowest BCUT2D eigenvalue weighted by atomic mass is 10.1. The summed E-state index contributed by atoms with van der Waals surface area (Å²) < 4.78 is 5.84. The lowest BCUT2D eigenvalue weighted by Gasteiger charge is -2.39. The lowest BCUT2D eigenvalue weighted by molar-refractivity contribution is -0.135.